The van der Waals surface area contributed by atoms with Crippen molar-refractivity contribution in [3.63, 3.8) is 0 Å². The normalized spacial score (nSPS) is 9.78. The third-order valence-electron chi connectivity index (χ3n) is 2.26. The first-order valence-corrected chi connectivity index (χ1v) is 5.23. The van der Waals surface area contributed by atoms with Crippen molar-refractivity contribution in [3.8, 4) is 11.8 Å². The summed E-state index contributed by atoms with van der Waals surface area (Å²) in [5.41, 5.74) is 1.43. The van der Waals surface area contributed by atoms with Crippen molar-refractivity contribution >= 4 is 11.6 Å². The van der Waals surface area contributed by atoms with Gasteiger partial charge in [-0.15, -0.1) is 5.10 Å². The molecule has 1 aromatic carbocycles. The van der Waals surface area contributed by atoms with Gasteiger partial charge in [-0.2, -0.15) is 9.94 Å². The van der Waals surface area contributed by atoms with Crippen LogP contribution in [-0.4, -0.2) is 26.1 Å². The van der Waals surface area contributed by atoms with Crippen molar-refractivity contribution < 1.29 is 4.79 Å². The first kappa shape index (κ1) is 11.7. The molecule has 0 radical (unpaired) electrons. The number of nitriles is 1. The molecular weight excluding hydrogens is 232 g/mol. The van der Waals surface area contributed by atoms with Gasteiger partial charge in [-0.05, 0) is 41.6 Å². The number of aromatic nitrogens is 4. The average molecular weight is 242 g/mol. The van der Waals surface area contributed by atoms with Crippen molar-refractivity contribution in [1.29, 1.82) is 5.26 Å². The molecule has 0 aliphatic heterocycles. The van der Waals surface area contributed by atoms with Crippen molar-refractivity contribution in [2.75, 3.05) is 5.32 Å². The Kier molecular flexibility index (Phi) is 3.29. The summed E-state index contributed by atoms with van der Waals surface area (Å²) < 4.78 is 1.58. The van der Waals surface area contributed by atoms with Crippen LogP contribution in [0.2, 0.25) is 0 Å². The Bertz CT molecular complexity index is 595. The second kappa shape index (κ2) is 5.05. The van der Waals surface area contributed by atoms with Gasteiger partial charge in [-0.25, -0.2) is 0 Å². The number of rotatable bonds is 3. The highest BCUT2D eigenvalue weighted by atomic mass is 16.1. The van der Waals surface area contributed by atoms with E-state index in [0.29, 0.717) is 11.5 Å². The Balaban J connectivity index is 2.14. The zero-order valence-corrected chi connectivity index (χ0v) is 9.66. The molecule has 1 aromatic heterocycles. The standard InChI is InChI=1S/C11H10N6O/c1-8-14-15-16-17(8)10-4-2-9(3-5-10)13-11(18)6-7-12/h2-5H,6H2,1H3,(H,13,18). The number of anilines is 1. The van der Waals surface area contributed by atoms with Gasteiger partial charge in [-0.3, -0.25) is 4.79 Å². The van der Waals surface area contributed by atoms with E-state index in [9.17, 15) is 4.79 Å². The minimum Gasteiger partial charge on any atom is -0.325 e. The molecule has 7 nitrogen and oxygen atoms in total. The summed E-state index contributed by atoms with van der Waals surface area (Å²) in [4.78, 5) is 11.2. The van der Waals surface area contributed by atoms with Gasteiger partial charge in [0, 0.05) is 5.69 Å². The minimum atomic E-state index is -0.330. The summed E-state index contributed by atoms with van der Waals surface area (Å²) in [6.45, 7) is 1.79. The molecule has 0 atom stereocenters. The van der Waals surface area contributed by atoms with Gasteiger partial charge < -0.3 is 5.32 Å². The van der Waals surface area contributed by atoms with Gasteiger partial charge >= 0.3 is 0 Å². The van der Waals surface area contributed by atoms with Gasteiger partial charge in [0.2, 0.25) is 5.91 Å². The van der Waals surface area contributed by atoms with Crippen molar-refractivity contribution in [2.45, 2.75) is 13.3 Å². The molecule has 1 N–H and O–H groups in total. The fourth-order valence-electron chi connectivity index (χ4n) is 1.43. The van der Waals surface area contributed by atoms with Crippen LogP contribution >= 0.6 is 0 Å². The maximum Gasteiger partial charge on any atom is 0.238 e. The van der Waals surface area contributed by atoms with Crippen LogP contribution in [0, 0.1) is 18.3 Å². The highest BCUT2D eigenvalue weighted by molar-refractivity contribution is 5.92. The van der Waals surface area contributed by atoms with E-state index in [0.717, 1.165) is 5.69 Å². The quantitative estimate of drug-likeness (QED) is 0.859. The molecule has 2 rings (SSSR count). The largest absolute Gasteiger partial charge is 0.325 e. The smallest absolute Gasteiger partial charge is 0.238 e. The van der Waals surface area contributed by atoms with E-state index in [2.05, 4.69) is 20.8 Å². The zero-order valence-electron chi connectivity index (χ0n) is 9.66. The van der Waals surface area contributed by atoms with Gasteiger partial charge in [0.05, 0.1) is 11.8 Å². The molecule has 0 aliphatic rings. The van der Waals surface area contributed by atoms with E-state index in [1.807, 2.05) is 0 Å². The highest BCUT2D eigenvalue weighted by Gasteiger charge is 2.04. The predicted octanol–water partition coefficient (Wildman–Crippen LogP) is 0.823. The van der Waals surface area contributed by atoms with E-state index in [1.54, 1.807) is 41.9 Å². The van der Waals surface area contributed by atoms with Gasteiger partial charge in [0.15, 0.2) is 5.82 Å². The third-order valence-corrected chi connectivity index (χ3v) is 2.26. The van der Waals surface area contributed by atoms with Crippen LogP contribution in [0.5, 0.6) is 0 Å². The Morgan fingerprint density at radius 3 is 2.72 bits per heavy atom. The lowest BCUT2D eigenvalue weighted by Gasteiger charge is -2.05. The molecular formula is C11H10N6O. The topological polar surface area (TPSA) is 96.5 Å². The fourth-order valence-corrected chi connectivity index (χ4v) is 1.43. The maximum absolute atomic E-state index is 11.2. The zero-order chi connectivity index (χ0) is 13.0. The lowest BCUT2D eigenvalue weighted by molar-refractivity contribution is -0.115. The van der Waals surface area contributed by atoms with E-state index < -0.39 is 0 Å². The van der Waals surface area contributed by atoms with E-state index >= 15 is 0 Å². The van der Waals surface area contributed by atoms with Crippen LogP contribution < -0.4 is 5.32 Å². The molecule has 2 aromatic rings. The summed E-state index contributed by atoms with van der Waals surface area (Å²) in [6.07, 6.45) is -0.159. The monoisotopic (exact) mass is 242 g/mol. The summed E-state index contributed by atoms with van der Waals surface area (Å²) in [5, 5.41) is 22.2. The number of nitrogens with zero attached hydrogens (tertiary/aromatic N) is 5. The fraction of sp³-hybridized carbons (Fsp3) is 0.182. The number of carbonyl (C=O) groups is 1. The summed E-state index contributed by atoms with van der Waals surface area (Å²) in [5.74, 6) is 0.347. The van der Waals surface area contributed by atoms with Gasteiger partial charge in [0.1, 0.15) is 6.42 Å². The molecule has 0 bridgehead atoms. The minimum absolute atomic E-state index is 0.159. The Labute approximate surface area is 103 Å². The van der Waals surface area contributed by atoms with Crippen molar-refractivity contribution in [1.82, 2.24) is 20.2 Å². The van der Waals surface area contributed by atoms with Crippen molar-refractivity contribution in [2.24, 2.45) is 0 Å². The first-order valence-electron chi connectivity index (χ1n) is 5.23. The Hall–Kier alpha value is -2.75. The Morgan fingerprint density at radius 2 is 2.17 bits per heavy atom. The molecule has 0 saturated heterocycles. The predicted molar refractivity (Wildman–Crippen MR) is 62.8 cm³/mol. The number of benzene rings is 1. The second-order valence-electron chi connectivity index (χ2n) is 3.57. The van der Waals surface area contributed by atoms with Crippen LogP contribution in [0.3, 0.4) is 0 Å². The molecule has 0 spiro atoms. The molecule has 7 heteroatoms. The Morgan fingerprint density at radius 1 is 1.44 bits per heavy atom. The van der Waals surface area contributed by atoms with Crippen LogP contribution in [-0.2, 0) is 4.79 Å². The van der Waals surface area contributed by atoms with Crippen LogP contribution in [0.25, 0.3) is 5.69 Å². The highest BCUT2D eigenvalue weighted by Crippen LogP contribution is 2.13. The third kappa shape index (κ3) is 2.49. The van der Waals surface area contributed by atoms with E-state index in [1.165, 1.54) is 0 Å². The molecule has 0 unspecified atom stereocenters. The van der Waals surface area contributed by atoms with E-state index in [-0.39, 0.29) is 12.3 Å². The molecule has 0 fully saturated rings. The lowest BCUT2D eigenvalue weighted by atomic mass is 10.2. The van der Waals surface area contributed by atoms with E-state index in [4.69, 9.17) is 5.26 Å². The summed E-state index contributed by atoms with van der Waals surface area (Å²) in [6, 6.07) is 8.81. The summed E-state index contributed by atoms with van der Waals surface area (Å²) in [7, 11) is 0. The number of hydrogen-bond donors (Lipinski definition) is 1. The maximum atomic E-state index is 11.2. The number of carbonyl (C=O) groups excluding carboxylic acids is 1. The number of amides is 1. The molecule has 90 valence electrons. The molecule has 1 heterocycles. The van der Waals surface area contributed by atoms with Crippen LogP contribution in [0.15, 0.2) is 24.3 Å². The number of aryl methyl sites for hydroxylation is 1. The number of hydrogen-bond acceptors (Lipinski definition) is 5. The summed E-state index contributed by atoms with van der Waals surface area (Å²) >= 11 is 0. The van der Waals surface area contributed by atoms with Gasteiger partial charge in [-0.1, -0.05) is 0 Å². The molecule has 1 amide bonds. The van der Waals surface area contributed by atoms with Gasteiger partial charge in [0.25, 0.3) is 0 Å². The average Bonchev–Trinajstić information content (AvgIpc) is 2.77. The molecule has 18 heavy (non-hydrogen) atoms. The van der Waals surface area contributed by atoms with Crippen LogP contribution in [0.1, 0.15) is 12.2 Å². The van der Waals surface area contributed by atoms with Crippen molar-refractivity contribution in [3.05, 3.63) is 30.1 Å². The van der Waals surface area contributed by atoms with Crippen LogP contribution in [0.4, 0.5) is 5.69 Å². The molecule has 0 aliphatic carbocycles. The second-order valence-corrected chi connectivity index (χ2v) is 3.57. The lowest BCUT2D eigenvalue weighted by Crippen LogP contribution is -2.10. The molecule has 0 saturated carbocycles. The first-order chi connectivity index (χ1) is 8.70. The number of nitrogens with one attached hydrogen (secondary N) is 1. The number of tetrazole rings is 1. The SMILES string of the molecule is Cc1nnnn1-c1ccc(NC(=O)CC#N)cc1.